The molecule has 0 radical (unpaired) electrons. The molecule has 0 N–H and O–H groups in total. The van der Waals surface area contributed by atoms with Gasteiger partial charge in [-0.3, -0.25) is 9.59 Å². The predicted molar refractivity (Wildman–Crippen MR) is 72.6 cm³/mol. The van der Waals surface area contributed by atoms with E-state index in [1.807, 2.05) is 12.1 Å². The van der Waals surface area contributed by atoms with Crippen molar-refractivity contribution in [3.8, 4) is 5.75 Å². The summed E-state index contributed by atoms with van der Waals surface area (Å²) in [5, 5.41) is 0. The maximum absolute atomic E-state index is 11.1. The molecule has 0 atom stereocenters. The highest BCUT2D eigenvalue weighted by Crippen LogP contribution is 2.14. The van der Waals surface area contributed by atoms with E-state index in [1.165, 1.54) is 0 Å². The second-order valence-electron chi connectivity index (χ2n) is 4.23. The number of hydrogen-bond donors (Lipinski definition) is 0. The SMILES string of the molecule is CC(=O)c1ccc(COc2ccc(C=O)cc2)cc1. The third-order valence-electron chi connectivity index (χ3n) is 2.78. The summed E-state index contributed by atoms with van der Waals surface area (Å²) >= 11 is 0. The van der Waals surface area contributed by atoms with Crippen LogP contribution in [0.25, 0.3) is 0 Å². The molecule has 3 nitrogen and oxygen atoms in total. The van der Waals surface area contributed by atoms with Crippen LogP contribution in [0.1, 0.15) is 33.2 Å². The molecule has 0 saturated heterocycles. The van der Waals surface area contributed by atoms with Crippen LogP contribution in [-0.4, -0.2) is 12.1 Å². The van der Waals surface area contributed by atoms with Crippen molar-refractivity contribution in [1.82, 2.24) is 0 Å². The minimum atomic E-state index is 0.0527. The molecule has 0 aliphatic heterocycles. The highest BCUT2D eigenvalue weighted by atomic mass is 16.5. The van der Waals surface area contributed by atoms with Crippen LogP contribution < -0.4 is 4.74 Å². The number of carbonyl (C=O) groups is 2. The maximum Gasteiger partial charge on any atom is 0.159 e. The number of Topliss-reactive ketones (excluding diaryl/α,β-unsaturated/α-hetero) is 1. The molecule has 96 valence electrons. The van der Waals surface area contributed by atoms with Gasteiger partial charge in [0.05, 0.1) is 0 Å². The van der Waals surface area contributed by atoms with Crippen LogP contribution in [-0.2, 0) is 6.61 Å². The zero-order chi connectivity index (χ0) is 13.7. The molecule has 2 aromatic carbocycles. The number of ketones is 1. The number of rotatable bonds is 5. The Balaban J connectivity index is 1.97. The molecule has 0 spiro atoms. The number of ether oxygens (including phenoxy) is 1. The van der Waals surface area contributed by atoms with Crippen molar-refractivity contribution in [3.63, 3.8) is 0 Å². The van der Waals surface area contributed by atoms with Gasteiger partial charge in [-0.25, -0.2) is 0 Å². The van der Waals surface area contributed by atoms with E-state index in [1.54, 1.807) is 43.3 Å². The van der Waals surface area contributed by atoms with Crippen molar-refractivity contribution in [2.45, 2.75) is 13.5 Å². The molecular formula is C16H14O3. The summed E-state index contributed by atoms with van der Waals surface area (Å²) in [6, 6.07) is 14.3. The van der Waals surface area contributed by atoms with Gasteiger partial charge in [0, 0.05) is 11.1 Å². The van der Waals surface area contributed by atoms with Gasteiger partial charge in [-0.2, -0.15) is 0 Å². The summed E-state index contributed by atoms with van der Waals surface area (Å²) in [6.45, 7) is 1.97. The Kier molecular flexibility index (Phi) is 4.08. The molecule has 0 aromatic heterocycles. The highest BCUT2D eigenvalue weighted by Gasteiger charge is 2.00. The monoisotopic (exact) mass is 254 g/mol. The summed E-state index contributed by atoms with van der Waals surface area (Å²) < 4.78 is 5.59. The van der Waals surface area contributed by atoms with Crippen molar-refractivity contribution >= 4 is 12.1 Å². The van der Waals surface area contributed by atoms with E-state index in [-0.39, 0.29) is 5.78 Å². The molecule has 19 heavy (non-hydrogen) atoms. The van der Waals surface area contributed by atoms with E-state index in [4.69, 9.17) is 4.74 Å². The van der Waals surface area contributed by atoms with Gasteiger partial charge in [0.1, 0.15) is 18.6 Å². The number of carbonyl (C=O) groups excluding carboxylic acids is 2. The molecule has 0 bridgehead atoms. The lowest BCUT2D eigenvalue weighted by atomic mass is 10.1. The fourth-order valence-corrected chi connectivity index (χ4v) is 1.64. The summed E-state index contributed by atoms with van der Waals surface area (Å²) in [5.41, 5.74) is 2.31. The Labute approximate surface area is 111 Å². The second kappa shape index (κ2) is 5.96. The van der Waals surface area contributed by atoms with Crippen molar-refractivity contribution in [1.29, 1.82) is 0 Å². The smallest absolute Gasteiger partial charge is 0.159 e. The van der Waals surface area contributed by atoms with Crippen LogP contribution in [0, 0.1) is 0 Å². The van der Waals surface area contributed by atoms with Gasteiger partial charge in [-0.05, 0) is 36.8 Å². The van der Waals surface area contributed by atoms with Crippen LogP contribution in [0.5, 0.6) is 5.75 Å². The highest BCUT2D eigenvalue weighted by molar-refractivity contribution is 5.93. The van der Waals surface area contributed by atoms with E-state index in [9.17, 15) is 9.59 Å². The van der Waals surface area contributed by atoms with E-state index in [2.05, 4.69) is 0 Å². The van der Waals surface area contributed by atoms with Gasteiger partial charge in [-0.15, -0.1) is 0 Å². The molecule has 2 aromatic rings. The number of hydrogen-bond acceptors (Lipinski definition) is 3. The van der Waals surface area contributed by atoms with E-state index >= 15 is 0 Å². The zero-order valence-electron chi connectivity index (χ0n) is 10.6. The average molecular weight is 254 g/mol. The predicted octanol–water partition coefficient (Wildman–Crippen LogP) is 3.28. The van der Waals surface area contributed by atoms with Gasteiger partial charge in [0.2, 0.25) is 0 Å². The van der Waals surface area contributed by atoms with Crippen molar-refractivity contribution in [3.05, 3.63) is 65.2 Å². The minimum absolute atomic E-state index is 0.0527. The first-order valence-corrected chi connectivity index (χ1v) is 5.97. The third kappa shape index (κ3) is 3.52. The number of aldehydes is 1. The largest absolute Gasteiger partial charge is 0.489 e. The van der Waals surface area contributed by atoms with Crippen LogP contribution in [0.3, 0.4) is 0 Å². The van der Waals surface area contributed by atoms with E-state index in [0.717, 1.165) is 11.8 Å². The van der Waals surface area contributed by atoms with Crippen molar-refractivity contribution < 1.29 is 14.3 Å². The van der Waals surface area contributed by atoms with E-state index < -0.39 is 0 Å². The quantitative estimate of drug-likeness (QED) is 0.607. The first-order valence-electron chi connectivity index (χ1n) is 5.97. The molecule has 0 saturated carbocycles. The lowest BCUT2D eigenvalue weighted by Crippen LogP contribution is -1.97. The fraction of sp³-hybridized carbons (Fsp3) is 0.125. The molecule has 0 unspecified atom stereocenters. The maximum atomic E-state index is 11.1. The topological polar surface area (TPSA) is 43.4 Å². The van der Waals surface area contributed by atoms with Crippen LogP contribution >= 0.6 is 0 Å². The average Bonchev–Trinajstić information content (AvgIpc) is 2.46. The summed E-state index contributed by atoms with van der Waals surface area (Å²) in [7, 11) is 0. The molecule has 0 heterocycles. The molecule has 3 heteroatoms. The molecule has 0 aliphatic carbocycles. The van der Waals surface area contributed by atoms with Crippen LogP contribution in [0.2, 0.25) is 0 Å². The molecule has 0 fully saturated rings. The standard InChI is InChI=1S/C16H14O3/c1-12(18)15-6-2-14(3-7-15)11-19-16-8-4-13(10-17)5-9-16/h2-10H,11H2,1H3. The lowest BCUT2D eigenvalue weighted by Gasteiger charge is -2.06. The second-order valence-corrected chi connectivity index (χ2v) is 4.23. The molecule has 0 aliphatic rings. The Morgan fingerprint density at radius 3 is 2.21 bits per heavy atom. The molecular weight excluding hydrogens is 240 g/mol. The zero-order valence-corrected chi connectivity index (χ0v) is 10.6. The Morgan fingerprint density at radius 1 is 1.05 bits per heavy atom. The van der Waals surface area contributed by atoms with Gasteiger partial charge < -0.3 is 4.74 Å². The normalized spacial score (nSPS) is 9.95. The Bertz CT molecular complexity index is 568. The van der Waals surface area contributed by atoms with Gasteiger partial charge in [0.15, 0.2) is 5.78 Å². The van der Waals surface area contributed by atoms with E-state index in [0.29, 0.717) is 23.5 Å². The first-order chi connectivity index (χ1) is 9.19. The molecule has 0 amide bonds. The fourth-order valence-electron chi connectivity index (χ4n) is 1.64. The minimum Gasteiger partial charge on any atom is -0.489 e. The summed E-state index contributed by atoms with van der Waals surface area (Å²) in [6.07, 6.45) is 0.796. The lowest BCUT2D eigenvalue weighted by molar-refractivity contribution is 0.101. The summed E-state index contributed by atoms with van der Waals surface area (Å²) in [5.74, 6) is 0.762. The first kappa shape index (κ1) is 13.0. The number of benzene rings is 2. The Hall–Kier alpha value is -2.42. The summed E-state index contributed by atoms with van der Waals surface area (Å²) in [4.78, 5) is 21.7. The van der Waals surface area contributed by atoms with Crippen molar-refractivity contribution in [2.75, 3.05) is 0 Å². The molecule has 2 rings (SSSR count). The third-order valence-corrected chi connectivity index (χ3v) is 2.78. The Morgan fingerprint density at radius 2 is 1.68 bits per heavy atom. The van der Waals surface area contributed by atoms with Gasteiger partial charge in [0.25, 0.3) is 0 Å². The van der Waals surface area contributed by atoms with Gasteiger partial charge >= 0.3 is 0 Å². The van der Waals surface area contributed by atoms with Crippen LogP contribution in [0.4, 0.5) is 0 Å². The van der Waals surface area contributed by atoms with Gasteiger partial charge in [-0.1, -0.05) is 24.3 Å². The van der Waals surface area contributed by atoms with Crippen molar-refractivity contribution in [2.24, 2.45) is 0 Å². The van der Waals surface area contributed by atoms with Crippen LogP contribution in [0.15, 0.2) is 48.5 Å².